The molecular weight excluding hydrogens is 276 g/mol. The number of urea groups is 1. The van der Waals surface area contributed by atoms with E-state index >= 15 is 0 Å². The van der Waals surface area contributed by atoms with Gasteiger partial charge < -0.3 is 5.32 Å². The SMILES string of the molecule is Cc1ccc(N2C(=O)Nc3ccccc3S2(=O)=O)cc1. The van der Waals surface area contributed by atoms with Crippen LogP contribution in [0, 0.1) is 6.92 Å². The first-order chi connectivity index (χ1) is 9.50. The molecule has 3 rings (SSSR count). The largest absolute Gasteiger partial charge is 0.340 e. The van der Waals surface area contributed by atoms with Gasteiger partial charge in [0.05, 0.1) is 11.4 Å². The van der Waals surface area contributed by atoms with E-state index < -0.39 is 16.1 Å². The van der Waals surface area contributed by atoms with Gasteiger partial charge in [0.1, 0.15) is 4.90 Å². The number of para-hydroxylation sites is 1. The summed E-state index contributed by atoms with van der Waals surface area (Å²) in [6.07, 6.45) is 0. The van der Waals surface area contributed by atoms with Crippen molar-refractivity contribution in [3.63, 3.8) is 0 Å². The minimum absolute atomic E-state index is 0.0974. The minimum Gasteiger partial charge on any atom is -0.305 e. The van der Waals surface area contributed by atoms with Crippen LogP contribution in [0.5, 0.6) is 0 Å². The van der Waals surface area contributed by atoms with Gasteiger partial charge in [-0.1, -0.05) is 29.8 Å². The zero-order valence-electron chi connectivity index (χ0n) is 10.7. The number of rotatable bonds is 1. The van der Waals surface area contributed by atoms with E-state index in [1.165, 1.54) is 6.07 Å². The quantitative estimate of drug-likeness (QED) is 0.877. The van der Waals surface area contributed by atoms with Gasteiger partial charge in [-0.2, -0.15) is 4.31 Å². The lowest BCUT2D eigenvalue weighted by atomic mass is 10.2. The van der Waals surface area contributed by atoms with E-state index in [2.05, 4.69) is 5.32 Å². The van der Waals surface area contributed by atoms with Crippen molar-refractivity contribution in [2.45, 2.75) is 11.8 Å². The van der Waals surface area contributed by atoms with Gasteiger partial charge in [0.25, 0.3) is 10.0 Å². The average Bonchev–Trinajstić information content (AvgIpc) is 2.40. The van der Waals surface area contributed by atoms with Crippen molar-refractivity contribution in [2.75, 3.05) is 9.62 Å². The molecule has 0 radical (unpaired) electrons. The molecule has 0 aromatic heterocycles. The topological polar surface area (TPSA) is 66.5 Å². The molecule has 0 spiro atoms. The molecular formula is C14H12N2O3S. The second kappa shape index (κ2) is 4.35. The molecule has 0 bridgehead atoms. The molecule has 2 aromatic rings. The molecule has 1 aliphatic rings. The van der Waals surface area contributed by atoms with Gasteiger partial charge in [0.2, 0.25) is 0 Å². The van der Waals surface area contributed by atoms with Crippen LogP contribution in [0.2, 0.25) is 0 Å². The Balaban J connectivity index is 2.18. The van der Waals surface area contributed by atoms with Crippen molar-refractivity contribution in [1.29, 1.82) is 0 Å². The molecule has 6 heteroatoms. The molecule has 0 saturated carbocycles. The van der Waals surface area contributed by atoms with Crippen LogP contribution in [-0.4, -0.2) is 14.4 Å². The van der Waals surface area contributed by atoms with Crippen molar-refractivity contribution in [1.82, 2.24) is 0 Å². The molecule has 0 saturated heterocycles. The molecule has 1 aliphatic heterocycles. The van der Waals surface area contributed by atoms with Crippen LogP contribution in [-0.2, 0) is 10.0 Å². The Labute approximate surface area is 116 Å². The first-order valence-corrected chi connectivity index (χ1v) is 7.46. The summed E-state index contributed by atoms with van der Waals surface area (Å²) in [4.78, 5) is 12.2. The maximum atomic E-state index is 12.6. The van der Waals surface area contributed by atoms with Crippen LogP contribution in [0.25, 0.3) is 0 Å². The third kappa shape index (κ3) is 1.85. The number of aryl methyl sites for hydroxylation is 1. The van der Waals surface area contributed by atoms with Crippen molar-refractivity contribution < 1.29 is 13.2 Å². The number of carbonyl (C=O) groups is 1. The second-order valence-electron chi connectivity index (χ2n) is 4.53. The van der Waals surface area contributed by atoms with Gasteiger partial charge in [0, 0.05) is 0 Å². The first-order valence-electron chi connectivity index (χ1n) is 6.02. The van der Waals surface area contributed by atoms with Crippen LogP contribution in [0.1, 0.15) is 5.56 Å². The van der Waals surface area contributed by atoms with Crippen molar-refractivity contribution in [2.24, 2.45) is 0 Å². The minimum atomic E-state index is -3.88. The van der Waals surface area contributed by atoms with Crippen LogP contribution < -0.4 is 9.62 Å². The van der Waals surface area contributed by atoms with E-state index in [0.29, 0.717) is 11.4 Å². The summed E-state index contributed by atoms with van der Waals surface area (Å²) in [6.45, 7) is 1.89. The Hall–Kier alpha value is -2.34. The lowest BCUT2D eigenvalue weighted by molar-refractivity contribution is 0.259. The van der Waals surface area contributed by atoms with E-state index in [0.717, 1.165) is 9.87 Å². The number of hydrogen-bond donors (Lipinski definition) is 1. The lowest BCUT2D eigenvalue weighted by Gasteiger charge is -2.28. The molecule has 0 unspecified atom stereocenters. The lowest BCUT2D eigenvalue weighted by Crippen LogP contribution is -2.44. The maximum absolute atomic E-state index is 12.6. The van der Waals surface area contributed by atoms with Crippen LogP contribution >= 0.6 is 0 Å². The molecule has 0 aliphatic carbocycles. The van der Waals surface area contributed by atoms with Crippen LogP contribution in [0.4, 0.5) is 16.2 Å². The number of amides is 2. The smallest absolute Gasteiger partial charge is 0.305 e. The Morgan fingerprint density at radius 3 is 2.35 bits per heavy atom. The van der Waals surface area contributed by atoms with Gasteiger partial charge in [-0.25, -0.2) is 13.2 Å². The molecule has 0 atom stereocenters. The highest BCUT2D eigenvalue weighted by Crippen LogP contribution is 2.33. The summed E-state index contributed by atoms with van der Waals surface area (Å²) in [5.41, 5.74) is 1.62. The number of hydrogen-bond acceptors (Lipinski definition) is 3. The fourth-order valence-electron chi connectivity index (χ4n) is 2.10. The van der Waals surface area contributed by atoms with Crippen LogP contribution in [0.3, 0.4) is 0 Å². The van der Waals surface area contributed by atoms with Crippen molar-refractivity contribution >= 4 is 27.4 Å². The van der Waals surface area contributed by atoms with E-state index in [1.54, 1.807) is 42.5 Å². The molecule has 2 aromatic carbocycles. The monoisotopic (exact) mass is 288 g/mol. The normalized spacial score (nSPS) is 16.4. The third-order valence-electron chi connectivity index (χ3n) is 3.10. The first kappa shape index (κ1) is 12.7. The summed E-state index contributed by atoms with van der Waals surface area (Å²) in [5, 5.41) is 2.59. The standard InChI is InChI=1S/C14H12N2O3S/c1-10-6-8-11(9-7-10)16-14(17)15-12-4-2-3-5-13(12)20(16,18)19/h2-9H,1H3,(H,15,17). The van der Waals surface area contributed by atoms with Crippen molar-refractivity contribution in [3.8, 4) is 0 Å². The summed E-state index contributed by atoms with van der Waals surface area (Å²) in [6, 6.07) is 12.4. The fourth-order valence-corrected chi connectivity index (χ4v) is 3.61. The molecule has 2 amide bonds. The third-order valence-corrected chi connectivity index (χ3v) is 4.87. The summed E-state index contributed by atoms with van der Waals surface area (Å²) < 4.78 is 25.9. The van der Waals surface area contributed by atoms with Gasteiger partial charge in [0.15, 0.2) is 0 Å². The number of anilines is 2. The Kier molecular flexibility index (Phi) is 2.76. The number of sulfonamides is 1. The Morgan fingerprint density at radius 1 is 1.00 bits per heavy atom. The molecule has 0 fully saturated rings. The number of nitrogens with one attached hydrogen (secondary N) is 1. The molecule has 1 heterocycles. The van der Waals surface area contributed by atoms with E-state index in [1.807, 2.05) is 6.92 Å². The van der Waals surface area contributed by atoms with Gasteiger partial charge in [-0.3, -0.25) is 0 Å². The Bertz CT molecular complexity index is 782. The number of benzene rings is 2. The molecule has 1 N–H and O–H groups in total. The number of nitrogens with zero attached hydrogens (tertiary/aromatic N) is 1. The maximum Gasteiger partial charge on any atom is 0.340 e. The van der Waals surface area contributed by atoms with Gasteiger partial charge >= 0.3 is 6.03 Å². The highest BCUT2D eigenvalue weighted by Gasteiger charge is 2.37. The molecule has 5 nitrogen and oxygen atoms in total. The average molecular weight is 288 g/mol. The fraction of sp³-hybridized carbons (Fsp3) is 0.0714. The van der Waals surface area contributed by atoms with Crippen molar-refractivity contribution in [3.05, 3.63) is 54.1 Å². The van der Waals surface area contributed by atoms with E-state index in [9.17, 15) is 13.2 Å². The Morgan fingerprint density at radius 2 is 1.65 bits per heavy atom. The summed E-state index contributed by atoms with van der Waals surface area (Å²) in [7, 11) is -3.88. The zero-order valence-corrected chi connectivity index (χ0v) is 11.5. The summed E-state index contributed by atoms with van der Waals surface area (Å²) in [5.74, 6) is 0. The van der Waals surface area contributed by atoms with Crippen LogP contribution in [0.15, 0.2) is 53.4 Å². The highest BCUT2D eigenvalue weighted by molar-refractivity contribution is 7.94. The van der Waals surface area contributed by atoms with Gasteiger partial charge in [-0.05, 0) is 31.2 Å². The predicted molar refractivity (Wildman–Crippen MR) is 76.3 cm³/mol. The molecule has 20 heavy (non-hydrogen) atoms. The predicted octanol–water partition coefficient (Wildman–Crippen LogP) is 2.74. The number of fused-ring (bicyclic) bond motifs is 1. The second-order valence-corrected chi connectivity index (χ2v) is 6.29. The van der Waals surface area contributed by atoms with E-state index in [4.69, 9.17) is 0 Å². The summed E-state index contributed by atoms with van der Waals surface area (Å²) >= 11 is 0. The highest BCUT2D eigenvalue weighted by atomic mass is 32.2. The van der Waals surface area contributed by atoms with E-state index in [-0.39, 0.29) is 4.90 Å². The zero-order chi connectivity index (χ0) is 14.3. The number of carbonyl (C=O) groups excluding carboxylic acids is 1. The molecule has 102 valence electrons. The van der Waals surface area contributed by atoms with Gasteiger partial charge in [-0.15, -0.1) is 0 Å².